The summed E-state index contributed by atoms with van der Waals surface area (Å²) in [5.41, 5.74) is 1.05. The van der Waals surface area contributed by atoms with Crippen LogP contribution in [0.2, 0.25) is 0 Å². The predicted molar refractivity (Wildman–Crippen MR) is 58.9 cm³/mol. The highest BCUT2D eigenvalue weighted by Gasteiger charge is 2.18. The number of hydrogen-bond donors (Lipinski definition) is 1. The van der Waals surface area contributed by atoms with Gasteiger partial charge in [-0.25, -0.2) is 14.5 Å². The first kappa shape index (κ1) is 10.7. The van der Waals surface area contributed by atoms with Gasteiger partial charge in [0, 0.05) is 18.8 Å². The SMILES string of the molecule is Cn1nnc(Br)c1-c1cccnc1C(=O)O. The Balaban J connectivity index is 2.69. The molecule has 0 saturated carbocycles. The molecule has 0 fully saturated rings. The predicted octanol–water partition coefficient (Wildman–Crippen LogP) is 1.34. The molecule has 2 rings (SSSR count). The van der Waals surface area contributed by atoms with E-state index in [1.807, 2.05) is 0 Å². The highest BCUT2D eigenvalue weighted by molar-refractivity contribution is 9.10. The lowest BCUT2D eigenvalue weighted by Gasteiger charge is -2.04. The topological polar surface area (TPSA) is 80.9 Å². The largest absolute Gasteiger partial charge is 0.476 e. The summed E-state index contributed by atoms with van der Waals surface area (Å²) in [5, 5.41) is 16.6. The van der Waals surface area contributed by atoms with E-state index < -0.39 is 5.97 Å². The van der Waals surface area contributed by atoms with Gasteiger partial charge >= 0.3 is 5.97 Å². The maximum absolute atomic E-state index is 11.0. The molecule has 2 aromatic rings. The molecule has 0 aliphatic rings. The van der Waals surface area contributed by atoms with Crippen LogP contribution in [0.15, 0.2) is 22.9 Å². The second-order valence-corrected chi connectivity index (χ2v) is 3.81. The molecule has 2 heterocycles. The van der Waals surface area contributed by atoms with Gasteiger partial charge in [0.05, 0.1) is 0 Å². The monoisotopic (exact) mass is 282 g/mol. The van der Waals surface area contributed by atoms with Crippen molar-refractivity contribution in [1.29, 1.82) is 0 Å². The quantitative estimate of drug-likeness (QED) is 0.899. The van der Waals surface area contributed by atoms with E-state index >= 15 is 0 Å². The number of nitrogens with zero attached hydrogens (tertiary/aromatic N) is 4. The van der Waals surface area contributed by atoms with Crippen molar-refractivity contribution in [3.05, 3.63) is 28.6 Å². The van der Waals surface area contributed by atoms with Gasteiger partial charge < -0.3 is 5.11 Å². The maximum atomic E-state index is 11.0. The van der Waals surface area contributed by atoms with Crippen molar-refractivity contribution < 1.29 is 9.90 Å². The molecule has 0 aliphatic heterocycles. The number of carbonyl (C=O) groups is 1. The molecule has 0 amide bonds. The Bertz CT molecular complexity index is 533. The summed E-state index contributed by atoms with van der Waals surface area (Å²) in [6, 6.07) is 3.33. The smallest absolute Gasteiger partial charge is 0.355 e. The van der Waals surface area contributed by atoms with Crippen LogP contribution in [-0.2, 0) is 7.05 Å². The van der Waals surface area contributed by atoms with Gasteiger partial charge in [0.1, 0.15) is 5.69 Å². The Hall–Kier alpha value is -1.76. The Morgan fingerprint density at radius 3 is 2.88 bits per heavy atom. The average Bonchev–Trinajstić information content (AvgIpc) is 2.58. The molecular weight excluding hydrogens is 276 g/mol. The lowest BCUT2D eigenvalue weighted by Crippen LogP contribution is -2.05. The molecular formula is C9H7BrN4O2. The van der Waals surface area contributed by atoms with Crippen molar-refractivity contribution in [1.82, 2.24) is 20.0 Å². The number of rotatable bonds is 2. The number of aryl methyl sites for hydroxylation is 1. The van der Waals surface area contributed by atoms with E-state index in [-0.39, 0.29) is 5.69 Å². The summed E-state index contributed by atoms with van der Waals surface area (Å²) in [7, 11) is 1.69. The van der Waals surface area contributed by atoms with E-state index in [4.69, 9.17) is 5.11 Å². The van der Waals surface area contributed by atoms with Crippen molar-refractivity contribution in [2.24, 2.45) is 7.05 Å². The molecule has 0 aliphatic carbocycles. The van der Waals surface area contributed by atoms with Gasteiger partial charge in [-0.1, -0.05) is 5.21 Å². The molecule has 0 atom stereocenters. The first-order valence-corrected chi connectivity index (χ1v) is 5.14. The van der Waals surface area contributed by atoms with Gasteiger partial charge in [-0.2, -0.15) is 0 Å². The van der Waals surface area contributed by atoms with Crippen LogP contribution in [0.1, 0.15) is 10.5 Å². The van der Waals surface area contributed by atoms with E-state index in [1.165, 1.54) is 10.9 Å². The zero-order valence-electron chi connectivity index (χ0n) is 8.25. The molecule has 82 valence electrons. The van der Waals surface area contributed by atoms with E-state index in [2.05, 4.69) is 31.2 Å². The molecule has 16 heavy (non-hydrogen) atoms. The number of pyridine rings is 1. The third kappa shape index (κ3) is 1.69. The minimum Gasteiger partial charge on any atom is -0.476 e. The zero-order valence-corrected chi connectivity index (χ0v) is 9.84. The van der Waals surface area contributed by atoms with E-state index in [0.29, 0.717) is 15.9 Å². The van der Waals surface area contributed by atoms with Gasteiger partial charge in [0.2, 0.25) is 0 Å². The number of aromatic nitrogens is 4. The molecule has 2 aromatic heterocycles. The van der Waals surface area contributed by atoms with Crippen LogP contribution in [0.3, 0.4) is 0 Å². The minimum atomic E-state index is -1.08. The minimum absolute atomic E-state index is 0.0198. The van der Waals surface area contributed by atoms with Crippen molar-refractivity contribution in [2.75, 3.05) is 0 Å². The number of hydrogen-bond acceptors (Lipinski definition) is 4. The lowest BCUT2D eigenvalue weighted by molar-refractivity contribution is 0.0691. The summed E-state index contributed by atoms with van der Waals surface area (Å²) in [6.45, 7) is 0. The average molecular weight is 283 g/mol. The van der Waals surface area contributed by atoms with Gasteiger partial charge in [0.15, 0.2) is 10.3 Å². The fourth-order valence-electron chi connectivity index (χ4n) is 1.38. The van der Waals surface area contributed by atoms with Crippen molar-refractivity contribution in [3.8, 4) is 11.3 Å². The Morgan fingerprint density at radius 1 is 1.56 bits per heavy atom. The first-order valence-electron chi connectivity index (χ1n) is 4.35. The van der Waals surface area contributed by atoms with E-state index in [9.17, 15) is 4.79 Å². The van der Waals surface area contributed by atoms with Gasteiger partial charge in [-0.15, -0.1) is 5.10 Å². The van der Waals surface area contributed by atoms with Crippen LogP contribution in [0.5, 0.6) is 0 Å². The van der Waals surface area contributed by atoms with Crippen LogP contribution in [-0.4, -0.2) is 31.1 Å². The third-order valence-electron chi connectivity index (χ3n) is 2.05. The highest BCUT2D eigenvalue weighted by atomic mass is 79.9. The Labute approximate surface area is 99.1 Å². The standard InChI is InChI=1S/C9H7BrN4O2/c1-14-7(8(10)12-13-14)5-3-2-4-11-6(5)9(15)16/h2-4H,1H3,(H,15,16). The maximum Gasteiger partial charge on any atom is 0.355 e. The number of halogens is 1. The van der Waals surface area contributed by atoms with Gasteiger partial charge in [-0.3, -0.25) is 0 Å². The molecule has 0 spiro atoms. The molecule has 0 bridgehead atoms. The van der Waals surface area contributed by atoms with E-state index in [0.717, 1.165) is 0 Å². The normalized spacial score (nSPS) is 10.4. The Kier molecular flexibility index (Phi) is 2.69. The summed E-state index contributed by atoms with van der Waals surface area (Å²) < 4.78 is 1.98. The number of carboxylic acid groups (broad SMARTS) is 1. The fraction of sp³-hybridized carbons (Fsp3) is 0.111. The number of aromatic carboxylic acids is 1. The summed E-state index contributed by atoms with van der Waals surface area (Å²) in [4.78, 5) is 14.8. The second kappa shape index (κ2) is 4.01. The van der Waals surface area contributed by atoms with Crippen molar-refractivity contribution in [3.63, 3.8) is 0 Å². The van der Waals surface area contributed by atoms with Crippen LogP contribution >= 0.6 is 15.9 Å². The van der Waals surface area contributed by atoms with Gasteiger partial charge in [-0.05, 0) is 28.1 Å². The van der Waals surface area contributed by atoms with Crippen molar-refractivity contribution >= 4 is 21.9 Å². The Morgan fingerprint density at radius 2 is 2.31 bits per heavy atom. The molecule has 0 radical (unpaired) electrons. The van der Waals surface area contributed by atoms with E-state index in [1.54, 1.807) is 19.2 Å². The molecule has 7 heteroatoms. The molecule has 0 aromatic carbocycles. The molecule has 1 N–H and O–H groups in total. The van der Waals surface area contributed by atoms with Gasteiger partial charge in [0.25, 0.3) is 0 Å². The van der Waals surface area contributed by atoms with Crippen LogP contribution in [0.4, 0.5) is 0 Å². The second-order valence-electron chi connectivity index (χ2n) is 3.06. The van der Waals surface area contributed by atoms with Crippen LogP contribution in [0.25, 0.3) is 11.3 Å². The highest BCUT2D eigenvalue weighted by Crippen LogP contribution is 2.27. The zero-order chi connectivity index (χ0) is 11.7. The summed E-state index contributed by atoms with van der Waals surface area (Å²) >= 11 is 3.22. The van der Waals surface area contributed by atoms with Crippen LogP contribution < -0.4 is 0 Å². The molecule has 0 saturated heterocycles. The first-order chi connectivity index (χ1) is 7.61. The fourth-order valence-corrected chi connectivity index (χ4v) is 1.93. The van der Waals surface area contributed by atoms with Crippen molar-refractivity contribution in [2.45, 2.75) is 0 Å². The summed E-state index contributed by atoms with van der Waals surface area (Å²) in [5.74, 6) is -1.08. The third-order valence-corrected chi connectivity index (χ3v) is 2.59. The number of carboxylic acids is 1. The molecule has 0 unspecified atom stereocenters. The lowest BCUT2D eigenvalue weighted by atomic mass is 10.1. The molecule has 6 nitrogen and oxygen atoms in total. The van der Waals surface area contributed by atoms with Crippen LogP contribution in [0, 0.1) is 0 Å². The summed E-state index contributed by atoms with van der Waals surface area (Å²) in [6.07, 6.45) is 1.44.